The van der Waals surface area contributed by atoms with Gasteiger partial charge in [0.2, 0.25) is 5.91 Å². The van der Waals surface area contributed by atoms with Gasteiger partial charge in [-0.05, 0) is 48.5 Å². The Morgan fingerprint density at radius 1 is 1.50 bits per heavy atom. The average molecular weight is 314 g/mol. The molecular weight excluding hydrogens is 294 g/mol. The molecule has 1 amide bonds. The van der Waals surface area contributed by atoms with Gasteiger partial charge < -0.3 is 4.90 Å². The highest BCUT2D eigenvalue weighted by molar-refractivity contribution is 9.10. The van der Waals surface area contributed by atoms with Crippen LogP contribution in [-0.2, 0) is 11.3 Å². The molecule has 5 heteroatoms. The summed E-state index contributed by atoms with van der Waals surface area (Å²) in [7, 11) is 0. The third-order valence-electron chi connectivity index (χ3n) is 3.59. The number of hydrogen-bond acceptors (Lipinski definition) is 2. The van der Waals surface area contributed by atoms with E-state index in [9.17, 15) is 4.79 Å². The van der Waals surface area contributed by atoms with Crippen LogP contribution in [0.2, 0.25) is 0 Å². The minimum absolute atomic E-state index is 0.180. The van der Waals surface area contributed by atoms with Gasteiger partial charge in [0.15, 0.2) is 0 Å². The van der Waals surface area contributed by atoms with Gasteiger partial charge in [0.1, 0.15) is 6.54 Å². The average Bonchev–Trinajstić information content (AvgIpc) is 2.57. The molecule has 2 heterocycles. The van der Waals surface area contributed by atoms with E-state index in [4.69, 9.17) is 0 Å². The Morgan fingerprint density at radius 2 is 2.22 bits per heavy atom. The predicted molar refractivity (Wildman–Crippen MR) is 74.4 cm³/mol. The number of likely N-dealkylation sites (tertiary alicyclic amines) is 1. The number of rotatable bonds is 2. The molecule has 1 aliphatic heterocycles. The maximum absolute atomic E-state index is 12.2. The van der Waals surface area contributed by atoms with Gasteiger partial charge in [0.05, 0.1) is 15.9 Å². The summed E-state index contributed by atoms with van der Waals surface area (Å²) in [4.78, 5) is 14.2. The van der Waals surface area contributed by atoms with Crippen LogP contribution >= 0.6 is 15.9 Å². The normalized spacial score (nSPS) is 20.2. The Morgan fingerprint density at radius 3 is 2.78 bits per heavy atom. The Bertz CT molecular complexity index is 455. The number of halogens is 1. The van der Waals surface area contributed by atoms with Crippen LogP contribution in [0.4, 0.5) is 0 Å². The van der Waals surface area contributed by atoms with E-state index in [-0.39, 0.29) is 5.91 Å². The fraction of sp³-hybridized carbons (Fsp3) is 0.692. The van der Waals surface area contributed by atoms with E-state index in [1.54, 1.807) is 4.68 Å². The first-order valence-electron chi connectivity index (χ1n) is 6.46. The lowest BCUT2D eigenvalue weighted by atomic mass is 10.0. The van der Waals surface area contributed by atoms with E-state index in [1.165, 1.54) is 6.42 Å². The quantitative estimate of drug-likeness (QED) is 0.841. The maximum atomic E-state index is 12.2. The molecule has 0 saturated carbocycles. The molecule has 0 spiro atoms. The van der Waals surface area contributed by atoms with Crippen molar-refractivity contribution in [1.82, 2.24) is 14.7 Å². The highest BCUT2D eigenvalue weighted by Crippen LogP contribution is 2.20. The third-order valence-corrected chi connectivity index (χ3v) is 4.74. The molecule has 1 atom stereocenters. The highest BCUT2D eigenvalue weighted by Gasteiger charge is 2.22. The van der Waals surface area contributed by atoms with E-state index < -0.39 is 0 Å². The number of amides is 1. The van der Waals surface area contributed by atoms with Crippen molar-refractivity contribution in [3.8, 4) is 0 Å². The summed E-state index contributed by atoms with van der Waals surface area (Å²) in [5.41, 5.74) is 1.96. The molecule has 0 aromatic carbocycles. The molecule has 0 unspecified atom stereocenters. The molecule has 1 aromatic rings. The van der Waals surface area contributed by atoms with Crippen LogP contribution in [0.15, 0.2) is 4.47 Å². The van der Waals surface area contributed by atoms with E-state index in [0.717, 1.165) is 35.4 Å². The van der Waals surface area contributed by atoms with E-state index >= 15 is 0 Å². The fourth-order valence-corrected chi connectivity index (χ4v) is 2.76. The Labute approximate surface area is 116 Å². The number of aromatic nitrogens is 2. The largest absolute Gasteiger partial charge is 0.341 e. The molecular formula is C13H20BrN3O. The smallest absolute Gasteiger partial charge is 0.244 e. The van der Waals surface area contributed by atoms with E-state index in [0.29, 0.717) is 12.5 Å². The SMILES string of the molecule is Cc1nn(CC(=O)N2CCC[C@@H](C)C2)c(C)c1Br. The fourth-order valence-electron chi connectivity index (χ4n) is 2.47. The summed E-state index contributed by atoms with van der Waals surface area (Å²) >= 11 is 3.49. The summed E-state index contributed by atoms with van der Waals surface area (Å²) in [6, 6.07) is 0. The molecule has 4 nitrogen and oxygen atoms in total. The zero-order valence-corrected chi connectivity index (χ0v) is 12.8. The zero-order valence-electron chi connectivity index (χ0n) is 11.2. The van der Waals surface area contributed by atoms with Crippen LogP contribution < -0.4 is 0 Å². The first kappa shape index (κ1) is 13.6. The van der Waals surface area contributed by atoms with Crippen molar-refractivity contribution in [3.63, 3.8) is 0 Å². The van der Waals surface area contributed by atoms with Gasteiger partial charge >= 0.3 is 0 Å². The third kappa shape index (κ3) is 2.76. The number of piperidine rings is 1. The van der Waals surface area contributed by atoms with Gasteiger partial charge in [-0.1, -0.05) is 6.92 Å². The summed E-state index contributed by atoms with van der Waals surface area (Å²) in [5, 5.41) is 4.39. The van der Waals surface area contributed by atoms with Crippen LogP contribution in [0.3, 0.4) is 0 Å². The van der Waals surface area contributed by atoms with Gasteiger partial charge in [-0.2, -0.15) is 5.10 Å². The maximum Gasteiger partial charge on any atom is 0.244 e. The molecule has 1 fully saturated rings. The monoisotopic (exact) mass is 313 g/mol. The van der Waals surface area contributed by atoms with E-state index in [2.05, 4.69) is 28.0 Å². The number of carbonyl (C=O) groups excluding carboxylic acids is 1. The van der Waals surface area contributed by atoms with E-state index in [1.807, 2.05) is 18.7 Å². The summed E-state index contributed by atoms with van der Waals surface area (Å²) < 4.78 is 2.79. The molecule has 0 N–H and O–H groups in total. The lowest BCUT2D eigenvalue weighted by Gasteiger charge is -2.31. The molecule has 0 radical (unpaired) electrons. The second kappa shape index (κ2) is 5.43. The van der Waals surface area contributed by atoms with Crippen molar-refractivity contribution in [2.75, 3.05) is 13.1 Å². The second-order valence-corrected chi connectivity index (χ2v) is 6.02. The standard InChI is InChI=1S/C13H20BrN3O/c1-9-5-4-6-16(7-9)12(18)8-17-11(3)13(14)10(2)15-17/h9H,4-8H2,1-3H3/t9-/m1/s1. The van der Waals surface area contributed by atoms with Crippen molar-refractivity contribution in [2.24, 2.45) is 5.92 Å². The topological polar surface area (TPSA) is 38.1 Å². The van der Waals surface area contributed by atoms with Crippen molar-refractivity contribution in [1.29, 1.82) is 0 Å². The summed E-state index contributed by atoms with van der Waals surface area (Å²) in [6.45, 7) is 8.27. The first-order chi connectivity index (χ1) is 8.49. The van der Waals surface area contributed by atoms with Gasteiger partial charge in [0, 0.05) is 13.1 Å². The Kier molecular flexibility index (Phi) is 4.10. The molecule has 18 heavy (non-hydrogen) atoms. The molecule has 100 valence electrons. The van der Waals surface area contributed by atoms with Crippen molar-refractivity contribution < 1.29 is 4.79 Å². The lowest BCUT2D eigenvalue weighted by Crippen LogP contribution is -2.41. The van der Waals surface area contributed by atoms with Crippen molar-refractivity contribution in [3.05, 3.63) is 15.9 Å². The molecule has 1 aliphatic rings. The Hall–Kier alpha value is -0.840. The number of aryl methyl sites for hydroxylation is 1. The molecule has 0 aliphatic carbocycles. The van der Waals surface area contributed by atoms with Gasteiger partial charge in [-0.3, -0.25) is 9.48 Å². The minimum atomic E-state index is 0.180. The number of nitrogens with zero attached hydrogens (tertiary/aromatic N) is 3. The lowest BCUT2D eigenvalue weighted by molar-refractivity contribution is -0.133. The van der Waals surface area contributed by atoms with Crippen LogP contribution in [0.1, 0.15) is 31.2 Å². The second-order valence-electron chi connectivity index (χ2n) is 5.23. The number of carbonyl (C=O) groups is 1. The van der Waals surface area contributed by atoms with Crippen LogP contribution in [0, 0.1) is 19.8 Å². The number of hydrogen-bond donors (Lipinski definition) is 0. The van der Waals surface area contributed by atoms with Crippen LogP contribution in [0.5, 0.6) is 0 Å². The molecule has 1 saturated heterocycles. The van der Waals surface area contributed by atoms with Crippen molar-refractivity contribution >= 4 is 21.8 Å². The first-order valence-corrected chi connectivity index (χ1v) is 7.25. The van der Waals surface area contributed by atoms with Gasteiger partial charge in [-0.15, -0.1) is 0 Å². The van der Waals surface area contributed by atoms with Gasteiger partial charge in [-0.25, -0.2) is 0 Å². The van der Waals surface area contributed by atoms with Crippen LogP contribution in [-0.4, -0.2) is 33.7 Å². The predicted octanol–water partition coefficient (Wildman–Crippen LogP) is 2.52. The van der Waals surface area contributed by atoms with Crippen LogP contribution in [0.25, 0.3) is 0 Å². The minimum Gasteiger partial charge on any atom is -0.341 e. The summed E-state index contributed by atoms with van der Waals surface area (Å²) in [6.07, 6.45) is 2.35. The zero-order chi connectivity index (χ0) is 13.3. The Balaban J connectivity index is 2.04. The highest BCUT2D eigenvalue weighted by atomic mass is 79.9. The van der Waals surface area contributed by atoms with Crippen molar-refractivity contribution in [2.45, 2.75) is 40.2 Å². The van der Waals surface area contributed by atoms with Gasteiger partial charge in [0.25, 0.3) is 0 Å². The summed E-state index contributed by atoms with van der Waals surface area (Å²) in [5.74, 6) is 0.801. The molecule has 1 aromatic heterocycles. The molecule has 0 bridgehead atoms. The molecule has 2 rings (SSSR count).